The number of carbonyl (C=O) groups excluding carboxylic acids is 2. The van der Waals surface area contributed by atoms with Crippen LogP contribution in [-0.2, 0) is 19.1 Å². The highest BCUT2D eigenvalue weighted by Gasteiger charge is 2.15. The normalized spacial score (nSPS) is 10.8. The Morgan fingerprint density at radius 1 is 0.667 bits per heavy atom. The molecule has 0 amide bonds. The molecule has 0 unspecified atom stereocenters. The number of esters is 2. The Balaban J connectivity index is 3.56. The second-order valence-electron chi connectivity index (χ2n) is 6.78. The van der Waals surface area contributed by atoms with E-state index in [2.05, 4.69) is 13.8 Å². The van der Waals surface area contributed by atoms with Crippen LogP contribution in [-0.4, -0.2) is 25.2 Å². The van der Waals surface area contributed by atoms with Crippen molar-refractivity contribution in [3.05, 3.63) is 0 Å². The van der Waals surface area contributed by atoms with E-state index < -0.39 is 0 Å². The highest BCUT2D eigenvalue weighted by Crippen LogP contribution is 2.11. The van der Waals surface area contributed by atoms with Crippen LogP contribution in [0.5, 0.6) is 0 Å². The van der Waals surface area contributed by atoms with Crippen molar-refractivity contribution in [1.29, 1.82) is 0 Å². The average molecular weight is 343 g/mol. The minimum atomic E-state index is -0.203. The van der Waals surface area contributed by atoms with Crippen molar-refractivity contribution in [1.82, 2.24) is 0 Å². The Bertz CT molecular complexity index is 285. The van der Waals surface area contributed by atoms with Crippen LogP contribution in [0.3, 0.4) is 0 Å². The molecule has 0 N–H and O–H groups in total. The first kappa shape index (κ1) is 22.9. The highest BCUT2D eigenvalue weighted by atomic mass is 16.5. The largest absolute Gasteiger partial charge is 0.466 e. The third-order valence-corrected chi connectivity index (χ3v) is 4.05. The molecule has 0 aliphatic rings. The Labute approximate surface area is 148 Å². The summed E-state index contributed by atoms with van der Waals surface area (Å²) in [5.74, 6) is -0.430. The van der Waals surface area contributed by atoms with Gasteiger partial charge in [-0.2, -0.15) is 0 Å². The Kier molecular flexibility index (Phi) is 16.0. The summed E-state index contributed by atoms with van der Waals surface area (Å²) in [6.45, 7) is 7.25. The highest BCUT2D eigenvalue weighted by molar-refractivity contribution is 5.73. The monoisotopic (exact) mass is 342 g/mol. The van der Waals surface area contributed by atoms with Crippen LogP contribution in [0.1, 0.15) is 97.8 Å². The van der Waals surface area contributed by atoms with Gasteiger partial charge in [0, 0.05) is 12.8 Å². The Morgan fingerprint density at radius 2 is 1.04 bits per heavy atom. The quantitative estimate of drug-likeness (QED) is 0.277. The van der Waals surface area contributed by atoms with Crippen LogP contribution in [0, 0.1) is 5.92 Å². The summed E-state index contributed by atoms with van der Waals surface area (Å²) in [5, 5.41) is 0. The summed E-state index contributed by atoms with van der Waals surface area (Å²) in [5.41, 5.74) is 0. The van der Waals surface area contributed by atoms with Gasteiger partial charge < -0.3 is 9.47 Å². The number of unbranched alkanes of at least 4 members (excludes halogenated alkanes) is 8. The van der Waals surface area contributed by atoms with Crippen LogP contribution in [0.2, 0.25) is 0 Å². The van der Waals surface area contributed by atoms with Crippen molar-refractivity contribution in [3.63, 3.8) is 0 Å². The Hall–Kier alpha value is -1.06. The lowest BCUT2D eigenvalue weighted by atomic mass is 10.0. The van der Waals surface area contributed by atoms with Gasteiger partial charge in [0.05, 0.1) is 13.2 Å². The van der Waals surface area contributed by atoms with E-state index in [1.807, 2.05) is 6.92 Å². The first-order valence-corrected chi connectivity index (χ1v) is 9.91. The van der Waals surface area contributed by atoms with Crippen LogP contribution in [0.15, 0.2) is 0 Å². The van der Waals surface area contributed by atoms with Gasteiger partial charge in [0.1, 0.15) is 0 Å². The first-order valence-electron chi connectivity index (χ1n) is 9.91. The van der Waals surface area contributed by atoms with E-state index in [0.717, 1.165) is 25.7 Å². The molecule has 0 aromatic rings. The number of ether oxygens (including phenoxy) is 2. The molecule has 0 saturated heterocycles. The van der Waals surface area contributed by atoms with Gasteiger partial charge in [0.15, 0.2) is 0 Å². The fourth-order valence-electron chi connectivity index (χ4n) is 2.54. The van der Waals surface area contributed by atoms with Crippen molar-refractivity contribution in [3.8, 4) is 0 Å². The topological polar surface area (TPSA) is 52.6 Å². The van der Waals surface area contributed by atoms with Crippen molar-refractivity contribution >= 4 is 11.9 Å². The first-order chi connectivity index (χ1) is 11.6. The molecule has 4 heteroatoms. The molecule has 0 radical (unpaired) electrons. The summed E-state index contributed by atoms with van der Waals surface area (Å²) < 4.78 is 10.4. The minimum Gasteiger partial charge on any atom is -0.466 e. The Morgan fingerprint density at radius 3 is 1.42 bits per heavy atom. The van der Waals surface area contributed by atoms with Gasteiger partial charge in [-0.15, -0.1) is 0 Å². The molecule has 0 aromatic heterocycles. The van der Waals surface area contributed by atoms with E-state index >= 15 is 0 Å². The lowest BCUT2D eigenvalue weighted by molar-refractivity contribution is -0.147. The molecule has 0 saturated carbocycles. The van der Waals surface area contributed by atoms with E-state index in [9.17, 15) is 9.59 Å². The minimum absolute atomic E-state index is 0.0230. The SMILES string of the molecule is CCCCCCCOC(=O)CC(C)CC(=O)OCCCCCCC. The van der Waals surface area contributed by atoms with Gasteiger partial charge in [-0.1, -0.05) is 72.1 Å². The maximum Gasteiger partial charge on any atom is 0.306 e. The molecule has 4 nitrogen and oxygen atoms in total. The summed E-state index contributed by atoms with van der Waals surface area (Å²) >= 11 is 0. The molecule has 0 bridgehead atoms. The summed E-state index contributed by atoms with van der Waals surface area (Å²) in [7, 11) is 0. The van der Waals surface area contributed by atoms with E-state index in [1.165, 1.54) is 38.5 Å². The van der Waals surface area contributed by atoms with Crippen LogP contribution < -0.4 is 0 Å². The molecule has 0 spiro atoms. The molecule has 0 fully saturated rings. The number of carbonyl (C=O) groups is 2. The van der Waals surface area contributed by atoms with Gasteiger partial charge in [-0.05, 0) is 18.8 Å². The fourth-order valence-corrected chi connectivity index (χ4v) is 2.54. The molecule has 0 aliphatic heterocycles. The third kappa shape index (κ3) is 15.8. The van der Waals surface area contributed by atoms with Gasteiger partial charge in [0.25, 0.3) is 0 Å². The third-order valence-electron chi connectivity index (χ3n) is 4.05. The van der Waals surface area contributed by atoms with Crippen LogP contribution >= 0.6 is 0 Å². The van der Waals surface area contributed by atoms with E-state index in [1.54, 1.807) is 0 Å². The van der Waals surface area contributed by atoms with Gasteiger partial charge >= 0.3 is 11.9 Å². The molecule has 0 aromatic carbocycles. The summed E-state index contributed by atoms with van der Waals surface area (Å²) in [6.07, 6.45) is 12.0. The lowest BCUT2D eigenvalue weighted by Crippen LogP contribution is -2.15. The molecule has 0 atom stereocenters. The summed E-state index contributed by atoms with van der Waals surface area (Å²) in [4.78, 5) is 23.4. The van der Waals surface area contributed by atoms with Crippen molar-refractivity contribution in [2.45, 2.75) is 97.8 Å². The molecule has 0 rings (SSSR count). The van der Waals surface area contributed by atoms with Gasteiger partial charge in [-0.25, -0.2) is 0 Å². The maximum absolute atomic E-state index is 11.7. The molecular formula is C20H38O4. The zero-order valence-corrected chi connectivity index (χ0v) is 16.1. The van der Waals surface area contributed by atoms with Crippen molar-refractivity contribution < 1.29 is 19.1 Å². The maximum atomic E-state index is 11.7. The van der Waals surface area contributed by atoms with Gasteiger partial charge in [0.2, 0.25) is 0 Å². The van der Waals surface area contributed by atoms with E-state index in [4.69, 9.17) is 9.47 Å². The molecule has 142 valence electrons. The lowest BCUT2D eigenvalue weighted by Gasteiger charge is -2.11. The van der Waals surface area contributed by atoms with Crippen molar-refractivity contribution in [2.24, 2.45) is 5.92 Å². The van der Waals surface area contributed by atoms with Gasteiger partial charge in [-0.3, -0.25) is 9.59 Å². The molecule has 24 heavy (non-hydrogen) atoms. The van der Waals surface area contributed by atoms with Crippen molar-refractivity contribution in [2.75, 3.05) is 13.2 Å². The van der Waals surface area contributed by atoms with E-state index in [-0.39, 0.29) is 17.9 Å². The molecule has 0 aliphatic carbocycles. The second-order valence-corrected chi connectivity index (χ2v) is 6.78. The number of hydrogen-bond acceptors (Lipinski definition) is 4. The van der Waals surface area contributed by atoms with E-state index in [0.29, 0.717) is 26.1 Å². The number of rotatable bonds is 16. The predicted molar refractivity (Wildman–Crippen MR) is 97.8 cm³/mol. The zero-order chi connectivity index (χ0) is 18.0. The second kappa shape index (κ2) is 16.8. The fraction of sp³-hybridized carbons (Fsp3) is 0.900. The van der Waals surface area contributed by atoms with Crippen LogP contribution in [0.25, 0.3) is 0 Å². The average Bonchev–Trinajstić information content (AvgIpc) is 2.53. The summed E-state index contributed by atoms with van der Waals surface area (Å²) in [6, 6.07) is 0. The smallest absolute Gasteiger partial charge is 0.306 e. The molecular weight excluding hydrogens is 304 g/mol. The predicted octanol–water partition coefficient (Wildman–Crippen LogP) is 5.43. The zero-order valence-electron chi connectivity index (χ0n) is 16.1. The number of hydrogen-bond donors (Lipinski definition) is 0. The standard InChI is InChI=1S/C20H38O4/c1-4-6-8-10-12-14-23-19(21)16-18(3)17-20(22)24-15-13-11-9-7-5-2/h18H,4-17H2,1-3H3. The molecule has 0 heterocycles. The van der Waals surface area contributed by atoms with Crippen LogP contribution in [0.4, 0.5) is 0 Å².